The van der Waals surface area contributed by atoms with Gasteiger partial charge in [-0.05, 0) is 25.7 Å². The molecule has 1 aliphatic heterocycles. The quantitative estimate of drug-likeness (QED) is 0.0848. The zero-order valence-electron chi connectivity index (χ0n) is 26.8. The second-order valence-corrected chi connectivity index (χ2v) is 12.5. The lowest BCUT2D eigenvalue weighted by molar-refractivity contribution is 0.135. The Kier molecular flexibility index (Phi) is 26.0. The molecule has 1 unspecified atom stereocenters. The summed E-state index contributed by atoms with van der Waals surface area (Å²) in [6, 6.07) is 0. The highest BCUT2D eigenvalue weighted by molar-refractivity contribution is 4.97. The summed E-state index contributed by atoms with van der Waals surface area (Å²) in [5.41, 5.74) is 0. The van der Waals surface area contributed by atoms with E-state index >= 15 is 0 Å². The minimum atomic E-state index is 0.641. The molecule has 0 fully saturated rings. The van der Waals surface area contributed by atoms with Gasteiger partial charge in [-0.3, -0.25) is 0 Å². The molecule has 0 aromatic carbocycles. The van der Waals surface area contributed by atoms with Crippen LogP contribution in [0, 0.1) is 0 Å². The van der Waals surface area contributed by atoms with E-state index in [1.807, 2.05) is 0 Å². The second-order valence-electron chi connectivity index (χ2n) is 12.5. The van der Waals surface area contributed by atoms with Gasteiger partial charge in [0.25, 0.3) is 0 Å². The van der Waals surface area contributed by atoms with Crippen LogP contribution in [0.4, 0.5) is 0 Å². The first-order chi connectivity index (χ1) is 18.8. The lowest BCUT2D eigenvalue weighted by atomic mass is 10.0. The summed E-state index contributed by atoms with van der Waals surface area (Å²) in [5, 5.41) is 0. The van der Waals surface area contributed by atoms with Crippen molar-refractivity contribution < 1.29 is 0 Å². The molecule has 0 aliphatic carbocycles. The zero-order valence-corrected chi connectivity index (χ0v) is 26.8. The third-order valence-electron chi connectivity index (χ3n) is 8.82. The summed E-state index contributed by atoms with van der Waals surface area (Å²) in [6.45, 7) is 9.48. The number of unbranched alkanes of at least 4 members (excludes halogenated alkanes) is 24. The molecule has 1 aliphatic rings. The molecule has 2 heteroatoms. The second kappa shape index (κ2) is 27.9. The Labute approximate surface area is 241 Å². The predicted octanol–water partition coefficient (Wildman–Crippen LogP) is 12.4. The molecule has 0 amide bonds. The van der Waals surface area contributed by atoms with Crippen LogP contribution in [0.1, 0.15) is 201 Å². The monoisotopic (exact) mass is 533 g/mol. The lowest BCUT2D eigenvalue weighted by Gasteiger charge is -2.33. The van der Waals surface area contributed by atoms with Gasteiger partial charge in [0.2, 0.25) is 0 Å². The Morgan fingerprint density at radius 3 is 0.921 bits per heavy atom. The maximum absolute atomic E-state index is 2.69. The van der Waals surface area contributed by atoms with E-state index in [4.69, 9.17) is 0 Å². The maximum Gasteiger partial charge on any atom is 0.101 e. The Bertz CT molecular complexity index is 488. The average molecular weight is 533 g/mol. The molecule has 0 aromatic heterocycles. The van der Waals surface area contributed by atoms with Crippen LogP contribution < -0.4 is 0 Å². The van der Waals surface area contributed by atoms with Gasteiger partial charge >= 0.3 is 0 Å². The minimum absolute atomic E-state index is 0.641. The van der Waals surface area contributed by atoms with E-state index in [1.54, 1.807) is 0 Å². The van der Waals surface area contributed by atoms with Crippen LogP contribution in [0.25, 0.3) is 0 Å². The van der Waals surface area contributed by atoms with Crippen LogP contribution in [-0.4, -0.2) is 29.1 Å². The Morgan fingerprint density at radius 1 is 0.342 bits per heavy atom. The van der Waals surface area contributed by atoms with Crippen molar-refractivity contribution in [3.8, 4) is 0 Å². The average Bonchev–Trinajstić information content (AvgIpc) is 3.31. The van der Waals surface area contributed by atoms with Crippen molar-refractivity contribution in [2.45, 2.75) is 207 Å². The van der Waals surface area contributed by atoms with Crippen molar-refractivity contribution in [2.24, 2.45) is 0 Å². The molecule has 0 saturated carbocycles. The van der Waals surface area contributed by atoms with Crippen molar-refractivity contribution in [2.75, 3.05) is 13.1 Å². The van der Waals surface area contributed by atoms with Crippen LogP contribution in [0.15, 0.2) is 12.4 Å². The van der Waals surface area contributed by atoms with E-state index in [1.165, 1.54) is 193 Å². The van der Waals surface area contributed by atoms with Gasteiger partial charge < -0.3 is 9.80 Å². The number of nitrogens with zero attached hydrogens (tertiary/aromatic N) is 2. The molecule has 0 saturated heterocycles. The summed E-state index contributed by atoms with van der Waals surface area (Å²) in [6.07, 6.45) is 45.5. The highest BCUT2D eigenvalue weighted by Crippen LogP contribution is 2.23. The van der Waals surface area contributed by atoms with Crippen molar-refractivity contribution in [1.82, 2.24) is 9.80 Å². The van der Waals surface area contributed by atoms with Gasteiger partial charge in [0.1, 0.15) is 6.17 Å². The van der Waals surface area contributed by atoms with Crippen LogP contribution in [0.2, 0.25) is 0 Å². The fraction of sp³-hybridized carbons (Fsp3) is 0.944. The van der Waals surface area contributed by atoms with Crippen molar-refractivity contribution in [3.05, 3.63) is 12.4 Å². The standard InChI is InChI=1S/C36H72N2/c1-4-7-10-12-14-16-18-19-21-23-25-27-30-33-38-35-34-37(36(38)31-28-9-6-3)32-29-26-24-22-20-17-15-13-11-8-5-2/h34-36H,4-33H2,1-3H3. The maximum atomic E-state index is 2.69. The molecule has 0 N–H and O–H groups in total. The summed E-state index contributed by atoms with van der Waals surface area (Å²) in [5.74, 6) is 0. The summed E-state index contributed by atoms with van der Waals surface area (Å²) in [7, 11) is 0. The number of rotatable bonds is 30. The fourth-order valence-electron chi connectivity index (χ4n) is 6.19. The first-order valence-corrected chi connectivity index (χ1v) is 18.0. The zero-order chi connectivity index (χ0) is 27.4. The van der Waals surface area contributed by atoms with Gasteiger partial charge in [-0.25, -0.2) is 0 Å². The third-order valence-corrected chi connectivity index (χ3v) is 8.82. The molecule has 0 radical (unpaired) electrons. The molecule has 2 nitrogen and oxygen atoms in total. The predicted molar refractivity (Wildman–Crippen MR) is 173 cm³/mol. The van der Waals surface area contributed by atoms with Gasteiger partial charge in [0, 0.05) is 25.5 Å². The highest BCUT2D eigenvalue weighted by Gasteiger charge is 2.24. The van der Waals surface area contributed by atoms with E-state index in [2.05, 4.69) is 43.0 Å². The fourth-order valence-corrected chi connectivity index (χ4v) is 6.19. The molecule has 38 heavy (non-hydrogen) atoms. The molecule has 1 rings (SSSR count). The largest absolute Gasteiger partial charge is 0.356 e. The smallest absolute Gasteiger partial charge is 0.101 e. The van der Waals surface area contributed by atoms with Gasteiger partial charge in [-0.15, -0.1) is 0 Å². The van der Waals surface area contributed by atoms with Gasteiger partial charge in [0.05, 0.1) is 0 Å². The summed E-state index contributed by atoms with van der Waals surface area (Å²) >= 11 is 0. The Morgan fingerprint density at radius 2 is 0.605 bits per heavy atom. The molecular weight excluding hydrogens is 460 g/mol. The van der Waals surface area contributed by atoms with Gasteiger partial charge in [0.15, 0.2) is 0 Å². The first kappa shape index (κ1) is 35.4. The number of hydrogen-bond acceptors (Lipinski definition) is 2. The molecule has 0 aromatic rings. The Balaban J connectivity index is 2.08. The van der Waals surface area contributed by atoms with E-state index in [9.17, 15) is 0 Å². The van der Waals surface area contributed by atoms with Crippen LogP contribution >= 0.6 is 0 Å². The van der Waals surface area contributed by atoms with Gasteiger partial charge in [-0.2, -0.15) is 0 Å². The Hall–Kier alpha value is -0.660. The van der Waals surface area contributed by atoms with Crippen LogP contribution in [-0.2, 0) is 0 Å². The normalized spacial score (nSPS) is 15.3. The summed E-state index contributed by atoms with van der Waals surface area (Å²) < 4.78 is 0. The van der Waals surface area contributed by atoms with E-state index < -0.39 is 0 Å². The van der Waals surface area contributed by atoms with E-state index in [0.29, 0.717) is 6.17 Å². The number of hydrogen-bond donors (Lipinski definition) is 0. The van der Waals surface area contributed by atoms with E-state index in [0.717, 1.165) is 0 Å². The first-order valence-electron chi connectivity index (χ1n) is 18.0. The summed E-state index contributed by atoms with van der Waals surface area (Å²) in [4.78, 5) is 5.37. The van der Waals surface area contributed by atoms with Crippen molar-refractivity contribution >= 4 is 0 Å². The molecule has 226 valence electrons. The molecular formula is C36H72N2. The van der Waals surface area contributed by atoms with Crippen LogP contribution in [0.3, 0.4) is 0 Å². The van der Waals surface area contributed by atoms with Crippen molar-refractivity contribution in [3.63, 3.8) is 0 Å². The van der Waals surface area contributed by atoms with Gasteiger partial charge in [-0.1, -0.05) is 175 Å². The minimum Gasteiger partial charge on any atom is -0.356 e. The molecule has 0 spiro atoms. The topological polar surface area (TPSA) is 6.48 Å². The lowest BCUT2D eigenvalue weighted by Crippen LogP contribution is -2.39. The molecule has 0 bridgehead atoms. The molecule has 1 atom stereocenters. The van der Waals surface area contributed by atoms with Crippen molar-refractivity contribution in [1.29, 1.82) is 0 Å². The van der Waals surface area contributed by atoms with E-state index in [-0.39, 0.29) is 0 Å². The SMILES string of the molecule is CCCCCCCCCCCCCCCN1C=CN(CCCCCCCCCCCCC)C1CCCCC. The highest BCUT2D eigenvalue weighted by atomic mass is 15.4. The molecule has 1 heterocycles. The third kappa shape index (κ3) is 20.3. The van der Waals surface area contributed by atoms with Crippen LogP contribution in [0.5, 0.6) is 0 Å².